The zero-order chi connectivity index (χ0) is 14.5. The second kappa shape index (κ2) is 4.43. The van der Waals surface area contributed by atoms with E-state index in [-0.39, 0.29) is 0 Å². The monoisotopic (exact) mass is 278 g/mol. The summed E-state index contributed by atoms with van der Waals surface area (Å²) in [7, 11) is -0.519. The third kappa shape index (κ3) is 2.42. The Morgan fingerprint density at radius 1 is 1.20 bits per heavy atom. The molecule has 3 rings (SSSR count). The van der Waals surface area contributed by atoms with Crippen LogP contribution in [-0.2, 0) is 9.31 Å². The van der Waals surface area contributed by atoms with Crippen LogP contribution in [-0.4, -0.2) is 29.3 Å². The van der Waals surface area contributed by atoms with E-state index in [9.17, 15) is 4.39 Å². The van der Waals surface area contributed by atoms with Crippen molar-refractivity contribution in [2.24, 2.45) is 0 Å². The van der Waals surface area contributed by atoms with Crippen LogP contribution in [0.5, 0.6) is 0 Å². The number of rotatable bonds is 3. The Morgan fingerprint density at radius 2 is 1.80 bits per heavy atom. The maximum absolute atomic E-state index is 13.4. The van der Waals surface area contributed by atoms with Crippen LogP contribution in [0.2, 0.25) is 0 Å². The van der Waals surface area contributed by atoms with Crippen LogP contribution in [0, 0.1) is 5.95 Å². The third-order valence-corrected chi connectivity index (χ3v) is 4.32. The number of anilines is 1. The fourth-order valence-electron chi connectivity index (χ4n) is 2.14. The minimum Gasteiger partial charge on any atom is -0.399 e. The van der Waals surface area contributed by atoms with Crippen molar-refractivity contribution in [2.75, 3.05) is 5.32 Å². The van der Waals surface area contributed by atoms with Crippen molar-refractivity contribution in [2.45, 2.75) is 57.8 Å². The Balaban J connectivity index is 1.90. The lowest BCUT2D eigenvalue weighted by atomic mass is 9.79. The van der Waals surface area contributed by atoms with Gasteiger partial charge >= 0.3 is 7.12 Å². The fraction of sp³-hybridized carbons (Fsp3) is 0.643. The molecule has 0 radical (unpaired) electrons. The summed E-state index contributed by atoms with van der Waals surface area (Å²) in [5, 5.41) is 3.25. The van der Waals surface area contributed by atoms with Gasteiger partial charge in [-0.1, -0.05) is 6.07 Å². The van der Waals surface area contributed by atoms with Crippen molar-refractivity contribution in [1.29, 1.82) is 0 Å². The van der Waals surface area contributed by atoms with Crippen LogP contribution in [0.3, 0.4) is 0 Å². The minimum atomic E-state index is -0.519. The molecule has 108 valence electrons. The summed E-state index contributed by atoms with van der Waals surface area (Å²) in [6, 6.07) is 3.43. The number of hydrogen-bond donors (Lipinski definition) is 1. The molecule has 0 atom stereocenters. The lowest BCUT2D eigenvalue weighted by molar-refractivity contribution is 0.00578. The molecule has 1 aromatic rings. The van der Waals surface area contributed by atoms with Crippen molar-refractivity contribution in [3.8, 4) is 0 Å². The molecule has 2 aliphatic rings. The van der Waals surface area contributed by atoms with Gasteiger partial charge in [-0.25, -0.2) is 4.98 Å². The van der Waals surface area contributed by atoms with E-state index in [1.807, 2.05) is 27.7 Å². The van der Waals surface area contributed by atoms with Gasteiger partial charge in [0, 0.05) is 11.5 Å². The molecule has 1 saturated carbocycles. The van der Waals surface area contributed by atoms with E-state index in [1.165, 1.54) is 6.07 Å². The van der Waals surface area contributed by atoms with Crippen LogP contribution in [0.4, 0.5) is 10.2 Å². The van der Waals surface area contributed by atoms with Crippen LogP contribution in [0.1, 0.15) is 40.5 Å². The number of halogens is 1. The molecule has 20 heavy (non-hydrogen) atoms. The fourth-order valence-corrected chi connectivity index (χ4v) is 2.14. The van der Waals surface area contributed by atoms with Crippen LogP contribution < -0.4 is 10.8 Å². The summed E-state index contributed by atoms with van der Waals surface area (Å²) >= 11 is 0. The summed E-state index contributed by atoms with van der Waals surface area (Å²) in [4.78, 5) is 3.96. The minimum absolute atomic E-state index is 0.394. The molecular formula is C14H20BFN2O2. The second-order valence-corrected chi connectivity index (χ2v) is 6.58. The van der Waals surface area contributed by atoms with E-state index in [4.69, 9.17) is 9.31 Å². The molecule has 1 aromatic heterocycles. The molecule has 2 fully saturated rings. The van der Waals surface area contributed by atoms with Gasteiger partial charge < -0.3 is 14.6 Å². The lowest BCUT2D eigenvalue weighted by Crippen LogP contribution is -2.41. The summed E-state index contributed by atoms with van der Waals surface area (Å²) in [5.74, 6) is 0.0411. The second-order valence-electron chi connectivity index (χ2n) is 6.58. The van der Waals surface area contributed by atoms with Crippen LogP contribution in [0.25, 0.3) is 0 Å². The van der Waals surface area contributed by atoms with Crippen molar-refractivity contribution < 1.29 is 13.7 Å². The maximum atomic E-state index is 13.4. The number of hydrogen-bond acceptors (Lipinski definition) is 4. The summed E-state index contributed by atoms with van der Waals surface area (Å²) in [5.41, 5.74) is -0.0665. The van der Waals surface area contributed by atoms with Gasteiger partial charge in [0.2, 0.25) is 5.95 Å². The summed E-state index contributed by atoms with van der Waals surface area (Å²) in [6.45, 7) is 7.99. The molecule has 4 nitrogen and oxygen atoms in total. The summed E-state index contributed by atoms with van der Waals surface area (Å²) in [6.07, 6.45) is 2.20. The van der Waals surface area contributed by atoms with E-state index in [0.717, 1.165) is 18.3 Å². The number of pyridine rings is 1. The first kappa shape index (κ1) is 13.8. The smallest absolute Gasteiger partial charge is 0.399 e. The predicted molar refractivity (Wildman–Crippen MR) is 76.6 cm³/mol. The lowest BCUT2D eigenvalue weighted by Gasteiger charge is -2.32. The van der Waals surface area contributed by atoms with E-state index in [2.05, 4.69) is 10.3 Å². The molecule has 0 bridgehead atoms. The van der Waals surface area contributed by atoms with Crippen LogP contribution >= 0.6 is 0 Å². The zero-order valence-corrected chi connectivity index (χ0v) is 12.4. The highest BCUT2D eigenvalue weighted by Gasteiger charge is 2.52. The standard InChI is InChI=1S/C14H20BFN2O2/c1-13(2)14(3,4)20-15(19-13)10-7-8-11(16)18-12(10)17-9-5-6-9/h7-9H,5-6H2,1-4H3,(H,17,18). The molecule has 1 saturated heterocycles. The van der Waals surface area contributed by atoms with Crippen molar-refractivity contribution in [3.63, 3.8) is 0 Å². The highest BCUT2D eigenvalue weighted by molar-refractivity contribution is 6.63. The molecule has 6 heteroatoms. The highest BCUT2D eigenvalue weighted by atomic mass is 19.1. The Hall–Kier alpha value is -1.14. The molecule has 0 amide bonds. The Bertz CT molecular complexity index is 516. The van der Waals surface area contributed by atoms with E-state index in [0.29, 0.717) is 11.9 Å². The number of nitrogens with zero attached hydrogens (tertiary/aromatic N) is 1. The molecule has 2 heterocycles. The van der Waals surface area contributed by atoms with Gasteiger partial charge in [-0.15, -0.1) is 0 Å². The number of aromatic nitrogens is 1. The predicted octanol–water partition coefficient (Wildman–Crippen LogP) is 2.09. The van der Waals surface area contributed by atoms with E-state index < -0.39 is 24.3 Å². The average molecular weight is 278 g/mol. The Kier molecular flexibility index (Phi) is 3.06. The molecule has 0 unspecified atom stereocenters. The molecule has 1 aliphatic heterocycles. The molecule has 1 aliphatic carbocycles. The van der Waals surface area contributed by atoms with Gasteiger partial charge in [0.05, 0.1) is 11.2 Å². The van der Waals surface area contributed by atoms with Gasteiger partial charge in [0.15, 0.2) is 0 Å². The van der Waals surface area contributed by atoms with Crippen molar-refractivity contribution in [1.82, 2.24) is 4.98 Å². The molecule has 0 spiro atoms. The van der Waals surface area contributed by atoms with Crippen molar-refractivity contribution >= 4 is 18.4 Å². The highest BCUT2D eigenvalue weighted by Crippen LogP contribution is 2.37. The third-order valence-electron chi connectivity index (χ3n) is 4.32. The zero-order valence-electron chi connectivity index (χ0n) is 12.4. The number of nitrogens with one attached hydrogen (secondary N) is 1. The molecule has 1 N–H and O–H groups in total. The summed E-state index contributed by atoms with van der Waals surface area (Å²) < 4.78 is 25.4. The first-order chi connectivity index (χ1) is 9.28. The first-order valence-electron chi connectivity index (χ1n) is 7.07. The quantitative estimate of drug-likeness (QED) is 0.679. The van der Waals surface area contributed by atoms with Crippen LogP contribution in [0.15, 0.2) is 12.1 Å². The SMILES string of the molecule is CC1(C)OB(c2ccc(F)nc2NC2CC2)OC1(C)C. The Labute approximate surface area is 119 Å². The van der Waals surface area contributed by atoms with Gasteiger partial charge in [-0.2, -0.15) is 4.39 Å². The maximum Gasteiger partial charge on any atom is 0.498 e. The van der Waals surface area contributed by atoms with Gasteiger partial charge in [-0.3, -0.25) is 0 Å². The normalized spacial score (nSPS) is 23.9. The topological polar surface area (TPSA) is 43.4 Å². The largest absolute Gasteiger partial charge is 0.498 e. The van der Waals surface area contributed by atoms with E-state index in [1.54, 1.807) is 6.07 Å². The van der Waals surface area contributed by atoms with E-state index >= 15 is 0 Å². The van der Waals surface area contributed by atoms with Gasteiger partial charge in [0.25, 0.3) is 0 Å². The van der Waals surface area contributed by atoms with Crippen molar-refractivity contribution in [3.05, 3.63) is 18.1 Å². The Morgan fingerprint density at radius 3 is 2.35 bits per heavy atom. The average Bonchev–Trinajstić information content (AvgIpc) is 3.07. The molecular weight excluding hydrogens is 258 g/mol. The molecule has 0 aromatic carbocycles. The van der Waals surface area contributed by atoms with Gasteiger partial charge in [0.1, 0.15) is 5.82 Å². The first-order valence-corrected chi connectivity index (χ1v) is 7.07. The van der Waals surface area contributed by atoms with Gasteiger partial charge in [-0.05, 0) is 46.6 Å².